The van der Waals surface area contributed by atoms with Crippen molar-refractivity contribution in [1.82, 2.24) is 5.32 Å². The van der Waals surface area contributed by atoms with Gasteiger partial charge in [-0.25, -0.2) is 0 Å². The second-order valence-electron chi connectivity index (χ2n) is 8.74. The van der Waals surface area contributed by atoms with E-state index in [0.717, 1.165) is 39.0 Å². The van der Waals surface area contributed by atoms with Crippen molar-refractivity contribution < 1.29 is 14.4 Å². The summed E-state index contributed by atoms with van der Waals surface area (Å²) >= 11 is 0. The molecule has 0 spiro atoms. The molecule has 146 valence electrons. The zero-order valence-electron chi connectivity index (χ0n) is 17.2. The van der Waals surface area contributed by atoms with Gasteiger partial charge < -0.3 is 15.0 Å². The molecule has 0 radical (unpaired) electrons. The number of quaternary nitrogens is 1. The number of hydrogen-bond acceptors (Lipinski definition) is 2. The van der Waals surface area contributed by atoms with Gasteiger partial charge in [-0.2, -0.15) is 0 Å². The van der Waals surface area contributed by atoms with Crippen LogP contribution in [0.25, 0.3) is 0 Å². The van der Waals surface area contributed by atoms with E-state index >= 15 is 0 Å². The van der Waals surface area contributed by atoms with Crippen molar-refractivity contribution in [2.45, 2.75) is 58.0 Å². The number of ether oxygens (including phenoxy) is 1. The highest BCUT2D eigenvalue weighted by Crippen LogP contribution is 2.40. The SMILES string of the molecule is Cc1ccc([C@H](CC(=O)NCCC[NH+](C)C)[C@@H]2CCOC(C)(C)C2)cc1. The first-order chi connectivity index (χ1) is 12.3. The molecule has 26 heavy (non-hydrogen) atoms. The number of aryl methyl sites for hydroxylation is 1. The molecular weight excluding hydrogens is 324 g/mol. The highest BCUT2D eigenvalue weighted by atomic mass is 16.5. The fraction of sp³-hybridized carbons (Fsp3) is 0.682. The lowest BCUT2D eigenvalue weighted by molar-refractivity contribution is -0.858. The summed E-state index contributed by atoms with van der Waals surface area (Å²) in [6.45, 7) is 9.06. The molecular formula is C22H37N2O2+. The summed E-state index contributed by atoms with van der Waals surface area (Å²) < 4.78 is 5.90. The van der Waals surface area contributed by atoms with Crippen LogP contribution in [0.2, 0.25) is 0 Å². The minimum atomic E-state index is -0.100. The summed E-state index contributed by atoms with van der Waals surface area (Å²) in [4.78, 5) is 14.0. The molecule has 2 atom stereocenters. The fourth-order valence-corrected chi connectivity index (χ4v) is 3.93. The predicted molar refractivity (Wildman–Crippen MR) is 107 cm³/mol. The predicted octanol–water partition coefficient (Wildman–Crippen LogP) is 2.32. The number of carbonyl (C=O) groups is 1. The highest BCUT2D eigenvalue weighted by Gasteiger charge is 2.35. The summed E-state index contributed by atoms with van der Waals surface area (Å²) in [5, 5.41) is 3.13. The third kappa shape index (κ3) is 6.73. The molecule has 1 amide bonds. The van der Waals surface area contributed by atoms with Crippen LogP contribution >= 0.6 is 0 Å². The number of rotatable bonds is 8. The molecule has 1 saturated heterocycles. The highest BCUT2D eigenvalue weighted by molar-refractivity contribution is 5.76. The van der Waals surface area contributed by atoms with Crippen molar-refractivity contribution in [2.75, 3.05) is 33.8 Å². The van der Waals surface area contributed by atoms with Gasteiger partial charge in [0, 0.05) is 26.0 Å². The van der Waals surface area contributed by atoms with Crippen LogP contribution in [0.1, 0.15) is 56.6 Å². The molecule has 0 aliphatic carbocycles. The van der Waals surface area contributed by atoms with Crippen molar-refractivity contribution >= 4 is 5.91 Å². The van der Waals surface area contributed by atoms with Crippen LogP contribution in [0.4, 0.5) is 0 Å². The van der Waals surface area contributed by atoms with E-state index in [1.165, 1.54) is 16.0 Å². The minimum Gasteiger partial charge on any atom is -0.376 e. The second-order valence-corrected chi connectivity index (χ2v) is 8.74. The smallest absolute Gasteiger partial charge is 0.220 e. The molecule has 4 nitrogen and oxygen atoms in total. The quantitative estimate of drug-likeness (QED) is 0.698. The van der Waals surface area contributed by atoms with E-state index in [2.05, 4.69) is 64.4 Å². The van der Waals surface area contributed by atoms with Crippen molar-refractivity contribution in [3.8, 4) is 0 Å². The van der Waals surface area contributed by atoms with Gasteiger partial charge in [0.25, 0.3) is 0 Å². The Morgan fingerprint density at radius 3 is 2.62 bits per heavy atom. The maximum atomic E-state index is 12.6. The van der Waals surface area contributed by atoms with Crippen LogP contribution in [0.5, 0.6) is 0 Å². The fourth-order valence-electron chi connectivity index (χ4n) is 3.93. The minimum absolute atomic E-state index is 0.100. The Morgan fingerprint density at radius 1 is 1.31 bits per heavy atom. The summed E-state index contributed by atoms with van der Waals surface area (Å²) in [5.74, 6) is 0.922. The number of benzene rings is 1. The Labute approximate surface area is 159 Å². The van der Waals surface area contributed by atoms with Crippen molar-refractivity contribution in [3.63, 3.8) is 0 Å². The van der Waals surface area contributed by atoms with E-state index < -0.39 is 0 Å². The molecule has 0 saturated carbocycles. The van der Waals surface area contributed by atoms with Crippen molar-refractivity contribution in [2.24, 2.45) is 5.92 Å². The molecule has 0 aromatic heterocycles. The van der Waals surface area contributed by atoms with Gasteiger partial charge in [-0.05, 0) is 51.0 Å². The van der Waals surface area contributed by atoms with Crippen molar-refractivity contribution in [1.29, 1.82) is 0 Å². The average Bonchev–Trinajstić information content (AvgIpc) is 2.56. The molecule has 1 aromatic rings. The molecule has 1 aliphatic rings. The maximum absolute atomic E-state index is 12.6. The summed E-state index contributed by atoms with van der Waals surface area (Å²) in [5.41, 5.74) is 2.44. The first-order valence-electron chi connectivity index (χ1n) is 10.0. The number of nitrogens with one attached hydrogen (secondary N) is 2. The third-order valence-electron chi connectivity index (χ3n) is 5.39. The third-order valence-corrected chi connectivity index (χ3v) is 5.39. The molecule has 1 heterocycles. The lowest BCUT2D eigenvalue weighted by Gasteiger charge is -2.39. The van der Waals surface area contributed by atoms with Crippen LogP contribution in [-0.2, 0) is 9.53 Å². The van der Waals surface area contributed by atoms with Crippen molar-refractivity contribution in [3.05, 3.63) is 35.4 Å². The monoisotopic (exact) mass is 361 g/mol. The molecule has 0 unspecified atom stereocenters. The zero-order valence-corrected chi connectivity index (χ0v) is 17.2. The van der Waals surface area contributed by atoms with E-state index in [1.807, 2.05) is 0 Å². The van der Waals surface area contributed by atoms with Gasteiger partial charge >= 0.3 is 0 Å². The Bertz CT molecular complexity index is 566. The largest absolute Gasteiger partial charge is 0.376 e. The van der Waals surface area contributed by atoms with Crippen LogP contribution in [-0.4, -0.2) is 45.3 Å². The van der Waals surface area contributed by atoms with E-state index in [4.69, 9.17) is 4.74 Å². The first kappa shape index (κ1) is 20.9. The van der Waals surface area contributed by atoms with Gasteiger partial charge in [0.1, 0.15) is 0 Å². The lowest BCUT2D eigenvalue weighted by atomic mass is 9.75. The number of amides is 1. The van der Waals surface area contributed by atoms with Crippen LogP contribution in [0.3, 0.4) is 0 Å². The Hall–Kier alpha value is -1.39. The molecule has 1 aromatic carbocycles. The first-order valence-corrected chi connectivity index (χ1v) is 10.0. The van der Waals surface area contributed by atoms with E-state index in [0.29, 0.717) is 12.3 Å². The normalized spacial score (nSPS) is 20.8. The van der Waals surface area contributed by atoms with Gasteiger partial charge in [-0.1, -0.05) is 29.8 Å². The van der Waals surface area contributed by atoms with Gasteiger partial charge in [-0.15, -0.1) is 0 Å². The Kier molecular flexibility index (Phi) is 7.66. The van der Waals surface area contributed by atoms with Crippen LogP contribution in [0.15, 0.2) is 24.3 Å². The summed E-state index contributed by atoms with van der Waals surface area (Å²) in [7, 11) is 4.28. The van der Waals surface area contributed by atoms with E-state index in [-0.39, 0.29) is 17.4 Å². The van der Waals surface area contributed by atoms with Gasteiger partial charge in [0.2, 0.25) is 5.91 Å². The lowest BCUT2D eigenvalue weighted by Crippen LogP contribution is -3.05. The summed E-state index contributed by atoms with van der Waals surface area (Å²) in [6.07, 6.45) is 3.62. The topological polar surface area (TPSA) is 42.8 Å². The molecule has 2 N–H and O–H groups in total. The Morgan fingerprint density at radius 2 is 2.00 bits per heavy atom. The molecule has 2 rings (SSSR count). The van der Waals surface area contributed by atoms with E-state index in [9.17, 15) is 4.79 Å². The number of hydrogen-bond donors (Lipinski definition) is 2. The molecule has 1 fully saturated rings. The molecule has 1 aliphatic heterocycles. The summed E-state index contributed by atoms with van der Waals surface area (Å²) in [6, 6.07) is 8.71. The van der Waals surface area contributed by atoms with Gasteiger partial charge in [-0.3, -0.25) is 4.79 Å². The van der Waals surface area contributed by atoms with Crippen LogP contribution in [0, 0.1) is 12.8 Å². The molecule has 4 heteroatoms. The standard InChI is InChI=1S/C22H36N2O2/c1-17-7-9-18(10-8-17)20(19-11-14-26-22(2,3)16-19)15-21(25)23-12-6-13-24(4)5/h7-10,19-20H,6,11-16H2,1-5H3,(H,23,25)/p+1/t19-,20+/m1/s1. The van der Waals surface area contributed by atoms with E-state index in [1.54, 1.807) is 0 Å². The van der Waals surface area contributed by atoms with Crippen LogP contribution < -0.4 is 10.2 Å². The number of carbonyl (C=O) groups excluding carboxylic acids is 1. The Balaban J connectivity index is 2.03. The zero-order chi connectivity index (χ0) is 19.2. The molecule has 0 bridgehead atoms. The van der Waals surface area contributed by atoms with Gasteiger partial charge in [0.05, 0.1) is 26.2 Å². The maximum Gasteiger partial charge on any atom is 0.220 e. The van der Waals surface area contributed by atoms with Gasteiger partial charge in [0.15, 0.2) is 0 Å². The second kappa shape index (κ2) is 9.52. The average molecular weight is 362 g/mol.